The monoisotopic (exact) mass is 752 g/mol. The topological polar surface area (TPSA) is 154 Å². The molecule has 0 atom stereocenters. The van der Waals surface area contributed by atoms with E-state index < -0.39 is 0 Å². The van der Waals surface area contributed by atoms with Gasteiger partial charge in [-0.15, -0.1) is 0 Å². The summed E-state index contributed by atoms with van der Waals surface area (Å²) in [7, 11) is 0. The van der Waals surface area contributed by atoms with Gasteiger partial charge in [0, 0.05) is 70.8 Å². The van der Waals surface area contributed by atoms with E-state index in [0.717, 1.165) is 22.0 Å². The predicted molar refractivity (Wildman–Crippen MR) is 217 cm³/mol. The summed E-state index contributed by atoms with van der Waals surface area (Å²) in [4.78, 5) is 59.0. The molecule has 0 fully saturated rings. The van der Waals surface area contributed by atoms with Crippen LogP contribution in [0, 0.1) is 0 Å². The summed E-state index contributed by atoms with van der Waals surface area (Å²) in [6.45, 7) is 7.30. The Kier molecular flexibility index (Phi) is 11.7. The number of aromatic nitrogens is 6. The molecule has 13 heteroatoms. The third-order valence-electron chi connectivity index (χ3n) is 8.67. The highest BCUT2D eigenvalue weighted by molar-refractivity contribution is 6.30. The summed E-state index contributed by atoms with van der Waals surface area (Å²) in [5.41, 5.74) is 3.96. The van der Waals surface area contributed by atoms with Crippen LogP contribution in [0.4, 0.5) is 22.7 Å². The number of nitrogens with one attached hydrogen (secondary N) is 2. The predicted octanol–water partition coefficient (Wildman–Crippen LogP) is 8.35. The van der Waals surface area contributed by atoms with Gasteiger partial charge in [0.1, 0.15) is 22.8 Å². The van der Waals surface area contributed by atoms with Crippen molar-refractivity contribution >= 4 is 56.7 Å². The molecule has 4 heterocycles. The Morgan fingerprint density at radius 3 is 1.64 bits per heavy atom. The Bertz CT molecular complexity index is 2640. The van der Waals surface area contributed by atoms with Crippen LogP contribution in [0.3, 0.4) is 0 Å². The summed E-state index contributed by atoms with van der Waals surface area (Å²) < 4.78 is 2.70. The van der Waals surface area contributed by atoms with Crippen molar-refractivity contribution in [3.8, 4) is 22.5 Å². The van der Waals surface area contributed by atoms with E-state index in [9.17, 15) is 19.2 Å². The Morgan fingerprint density at radius 1 is 0.636 bits per heavy atom. The smallest absolute Gasteiger partial charge is 0.291 e. The van der Waals surface area contributed by atoms with Crippen LogP contribution in [0.1, 0.15) is 48.4 Å². The fraction of sp³-hybridized carbons (Fsp3) is 0.143. The zero-order valence-electron chi connectivity index (χ0n) is 30.6. The first-order chi connectivity index (χ1) is 26.6. The lowest BCUT2D eigenvalue weighted by atomic mass is 10.0. The first-order valence-electron chi connectivity index (χ1n) is 17.5. The van der Waals surface area contributed by atoms with Crippen molar-refractivity contribution in [2.24, 2.45) is 0 Å². The second kappa shape index (κ2) is 16.9. The van der Waals surface area contributed by atoms with E-state index >= 15 is 0 Å². The van der Waals surface area contributed by atoms with E-state index in [4.69, 9.17) is 11.6 Å². The Hall–Kier alpha value is -6.79. The van der Waals surface area contributed by atoms with Crippen molar-refractivity contribution in [1.82, 2.24) is 29.5 Å². The minimum atomic E-state index is -0.365. The molecule has 0 aliphatic heterocycles. The lowest BCUT2D eigenvalue weighted by Gasteiger charge is -2.17. The number of benzene rings is 3. The van der Waals surface area contributed by atoms with Crippen molar-refractivity contribution < 1.29 is 9.59 Å². The zero-order valence-corrected chi connectivity index (χ0v) is 31.3. The van der Waals surface area contributed by atoms with Gasteiger partial charge in [-0.1, -0.05) is 54.1 Å². The highest BCUT2D eigenvalue weighted by Crippen LogP contribution is 2.31. The van der Waals surface area contributed by atoms with E-state index in [1.54, 1.807) is 73.3 Å². The van der Waals surface area contributed by atoms with Crippen molar-refractivity contribution in [3.63, 3.8) is 0 Å². The number of pyridine rings is 2. The van der Waals surface area contributed by atoms with Gasteiger partial charge in [-0.2, -0.15) is 10.2 Å². The standard InChI is InChI=1S/C23H20N4O2.C19H17ClN4O2/c1-3-27-23(29)22(25-19-10-6-8-16-7-4-5-9-18(16)19)20(15(2)28)21(26-27)17-11-13-24-14-12-17;1-3-24-19(26)18(22-15-6-4-5-14(20)11-15)16(12(2)25)17(23-24)13-7-9-21-10-8-13/h4-14,25H,3H2,1-2H3;4-11,22H,3H2,1-2H3. The fourth-order valence-electron chi connectivity index (χ4n) is 6.09. The summed E-state index contributed by atoms with van der Waals surface area (Å²) >= 11 is 6.03. The molecule has 3 aromatic carbocycles. The number of carbonyl (C=O) groups is 2. The van der Waals surface area contributed by atoms with Crippen LogP contribution >= 0.6 is 11.6 Å². The Morgan fingerprint density at radius 2 is 1.13 bits per heavy atom. The molecule has 0 saturated heterocycles. The maximum atomic E-state index is 13.1. The summed E-state index contributed by atoms with van der Waals surface area (Å²) in [6.07, 6.45) is 6.51. The molecular formula is C42H37ClN8O4. The molecule has 0 saturated carbocycles. The number of nitrogens with zero attached hydrogens (tertiary/aromatic N) is 6. The van der Waals surface area contributed by atoms with Crippen molar-refractivity contribution in [1.29, 1.82) is 0 Å². The van der Waals surface area contributed by atoms with Crippen LogP contribution in [0.15, 0.2) is 125 Å². The second-order valence-corrected chi connectivity index (χ2v) is 12.7. The third kappa shape index (κ3) is 8.24. The number of rotatable bonds is 10. The molecule has 12 nitrogen and oxygen atoms in total. The first-order valence-corrected chi connectivity index (χ1v) is 17.9. The van der Waals surface area contributed by atoms with Gasteiger partial charge in [-0.25, -0.2) is 9.36 Å². The van der Waals surface area contributed by atoms with Gasteiger partial charge >= 0.3 is 0 Å². The van der Waals surface area contributed by atoms with Gasteiger partial charge in [0.15, 0.2) is 11.6 Å². The molecule has 0 aliphatic carbocycles. The molecule has 2 N–H and O–H groups in total. The minimum Gasteiger partial charge on any atom is -0.350 e. The zero-order chi connectivity index (χ0) is 39.1. The van der Waals surface area contributed by atoms with Gasteiger partial charge in [0.05, 0.1) is 11.1 Å². The van der Waals surface area contributed by atoms with Crippen LogP contribution in [-0.4, -0.2) is 41.1 Å². The summed E-state index contributed by atoms with van der Waals surface area (Å²) in [5.74, 6) is -0.485. The molecule has 7 aromatic rings. The van der Waals surface area contributed by atoms with Crippen LogP contribution in [0.25, 0.3) is 33.3 Å². The Labute approximate surface area is 321 Å². The largest absolute Gasteiger partial charge is 0.350 e. The van der Waals surface area contributed by atoms with E-state index in [0.29, 0.717) is 40.8 Å². The van der Waals surface area contributed by atoms with Crippen LogP contribution < -0.4 is 21.8 Å². The van der Waals surface area contributed by atoms with Crippen LogP contribution in [0.2, 0.25) is 5.02 Å². The molecular weight excluding hydrogens is 716 g/mol. The van der Waals surface area contributed by atoms with Gasteiger partial charge < -0.3 is 10.6 Å². The summed E-state index contributed by atoms with van der Waals surface area (Å²) in [5, 5.41) is 17.7. The van der Waals surface area contributed by atoms with Crippen LogP contribution in [0.5, 0.6) is 0 Å². The Balaban J connectivity index is 0.000000188. The van der Waals surface area contributed by atoms with Crippen molar-refractivity contribution in [2.75, 3.05) is 10.6 Å². The molecule has 0 radical (unpaired) electrons. The second-order valence-electron chi connectivity index (χ2n) is 12.3. The van der Waals surface area contributed by atoms with Crippen molar-refractivity contribution in [2.45, 2.75) is 40.8 Å². The molecule has 0 bridgehead atoms. The number of hydrogen-bond acceptors (Lipinski definition) is 10. The average Bonchev–Trinajstić information content (AvgIpc) is 3.20. The molecule has 0 unspecified atom stereocenters. The fourth-order valence-corrected chi connectivity index (χ4v) is 6.28. The quantitative estimate of drug-likeness (QED) is 0.130. The van der Waals surface area contributed by atoms with E-state index in [-0.39, 0.29) is 45.2 Å². The van der Waals surface area contributed by atoms with Crippen LogP contribution in [-0.2, 0) is 13.1 Å². The number of hydrogen-bond donors (Lipinski definition) is 2. The van der Waals surface area contributed by atoms with E-state index in [2.05, 4.69) is 30.8 Å². The first kappa shape index (κ1) is 38.0. The van der Waals surface area contributed by atoms with E-state index in [1.807, 2.05) is 56.3 Å². The minimum absolute atomic E-state index is 0.184. The number of Topliss-reactive ketones (excluding diaryl/α,β-unsaturated/α-hetero) is 2. The van der Waals surface area contributed by atoms with Crippen molar-refractivity contribution in [3.05, 3.63) is 153 Å². The van der Waals surface area contributed by atoms with Gasteiger partial charge in [0.25, 0.3) is 11.1 Å². The summed E-state index contributed by atoms with van der Waals surface area (Å²) in [6, 6.07) is 27.7. The number of anilines is 4. The van der Waals surface area contributed by atoms with E-state index in [1.165, 1.54) is 23.2 Å². The molecule has 4 aromatic heterocycles. The lowest BCUT2D eigenvalue weighted by molar-refractivity contribution is 0.101. The van der Waals surface area contributed by atoms with Gasteiger partial charge in [-0.3, -0.25) is 29.1 Å². The number of carbonyl (C=O) groups excluding carboxylic acids is 2. The molecule has 276 valence electrons. The highest BCUT2D eigenvalue weighted by atomic mass is 35.5. The number of fused-ring (bicyclic) bond motifs is 1. The van der Waals surface area contributed by atoms with Gasteiger partial charge in [-0.05, 0) is 81.6 Å². The van der Waals surface area contributed by atoms with Gasteiger partial charge in [0.2, 0.25) is 0 Å². The maximum absolute atomic E-state index is 13.1. The number of halogens is 1. The molecule has 7 rings (SSSR count). The average molecular weight is 753 g/mol. The number of aryl methyl sites for hydroxylation is 2. The lowest BCUT2D eigenvalue weighted by Crippen LogP contribution is -2.28. The third-order valence-corrected chi connectivity index (χ3v) is 8.90. The molecule has 55 heavy (non-hydrogen) atoms. The maximum Gasteiger partial charge on any atom is 0.291 e. The SMILES string of the molecule is CCn1nc(-c2ccncc2)c(C(C)=O)c(Nc2cccc(Cl)c2)c1=O.CCn1nc(-c2ccncc2)c(C(C)=O)c(Nc2cccc3ccccc23)c1=O. The molecule has 0 aliphatic rings. The highest BCUT2D eigenvalue weighted by Gasteiger charge is 2.23. The normalized spacial score (nSPS) is 10.7. The molecule has 0 spiro atoms. The number of ketones is 2. The molecule has 0 amide bonds.